The molecule has 2 aromatic rings. The molecule has 4 nitrogen and oxygen atoms in total. The van der Waals surface area contributed by atoms with E-state index in [1.54, 1.807) is 12.1 Å². The minimum absolute atomic E-state index is 0.137. The molecular formula is C19H19NO3S2. The number of carbonyl (C=O) groups excluding carboxylic acids is 2. The number of nitrogens with one attached hydrogen (secondary N) is 1. The van der Waals surface area contributed by atoms with Gasteiger partial charge in [0.1, 0.15) is 13.2 Å². The van der Waals surface area contributed by atoms with E-state index >= 15 is 0 Å². The summed E-state index contributed by atoms with van der Waals surface area (Å²) in [5, 5.41) is 2.60. The molecule has 0 aliphatic carbocycles. The molecule has 1 heterocycles. The van der Waals surface area contributed by atoms with E-state index in [0.717, 1.165) is 5.56 Å². The molecule has 1 aliphatic rings. The van der Waals surface area contributed by atoms with Crippen molar-refractivity contribution in [1.82, 2.24) is 5.32 Å². The van der Waals surface area contributed by atoms with Crippen molar-refractivity contribution in [3.63, 3.8) is 0 Å². The van der Waals surface area contributed by atoms with Gasteiger partial charge in [-0.15, -0.1) is 23.5 Å². The van der Waals surface area contributed by atoms with Gasteiger partial charge in [-0.25, -0.2) is 0 Å². The normalized spacial score (nSPS) is 14.2. The Morgan fingerprint density at radius 3 is 2.36 bits per heavy atom. The maximum absolute atomic E-state index is 12.1. The van der Waals surface area contributed by atoms with Crippen LogP contribution in [0.15, 0.2) is 54.6 Å². The Morgan fingerprint density at radius 1 is 1.00 bits per heavy atom. The van der Waals surface area contributed by atoms with Gasteiger partial charge < -0.3 is 10.1 Å². The van der Waals surface area contributed by atoms with Gasteiger partial charge in [0, 0.05) is 17.1 Å². The van der Waals surface area contributed by atoms with E-state index in [0.29, 0.717) is 10.1 Å². The van der Waals surface area contributed by atoms with Crippen LogP contribution >= 0.6 is 23.5 Å². The molecule has 0 unspecified atom stereocenters. The summed E-state index contributed by atoms with van der Waals surface area (Å²) in [5.74, 6) is 1.62. The van der Waals surface area contributed by atoms with Gasteiger partial charge in [-0.1, -0.05) is 42.5 Å². The number of esters is 1. The summed E-state index contributed by atoms with van der Waals surface area (Å²) in [6.45, 7) is 0.0721. The Balaban J connectivity index is 1.44. The lowest BCUT2D eigenvalue weighted by molar-refractivity contribution is -0.143. The summed E-state index contributed by atoms with van der Waals surface area (Å²) in [6, 6.07) is 17.0. The molecule has 0 aromatic heterocycles. The molecule has 1 N–H and O–H groups in total. The van der Waals surface area contributed by atoms with E-state index in [1.165, 1.54) is 17.1 Å². The minimum atomic E-state index is -0.451. The standard InChI is InChI=1S/C19H19NO3S2/c21-17(23-13-14-4-2-1-3-5-14)12-20-18(22)15-6-8-16(9-7-15)19-24-10-11-25-19/h1-9,19H,10-13H2,(H,20,22). The van der Waals surface area contributed by atoms with Crippen LogP contribution in [0.5, 0.6) is 0 Å². The van der Waals surface area contributed by atoms with Crippen LogP contribution in [0.3, 0.4) is 0 Å². The number of benzene rings is 2. The number of hydrogen-bond donors (Lipinski definition) is 1. The fourth-order valence-electron chi connectivity index (χ4n) is 2.39. The monoisotopic (exact) mass is 373 g/mol. The van der Waals surface area contributed by atoms with E-state index in [1.807, 2.05) is 66.0 Å². The van der Waals surface area contributed by atoms with Crippen LogP contribution in [-0.2, 0) is 16.1 Å². The molecule has 0 saturated carbocycles. The van der Waals surface area contributed by atoms with Gasteiger partial charge in [-0.05, 0) is 23.3 Å². The first-order valence-corrected chi connectivity index (χ1v) is 10.1. The van der Waals surface area contributed by atoms with Gasteiger partial charge in [-0.2, -0.15) is 0 Å². The molecule has 2 aromatic carbocycles. The summed E-state index contributed by atoms with van der Waals surface area (Å²) in [4.78, 5) is 23.9. The summed E-state index contributed by atoms with van der Waals surface area (Å²) in [5.41, 5.74) is 2.69. The fraction of sp³-hybridized carbons (Fsp3) is 0.263. The van der Waals surface area contributed by atoms with Crippen molar-refractivity contribution in [2.75, 3.05) is 18.1 Å². The third-order valence-electron chi connectivity index (χ3n) is 3.70. The lowest BCUT2D eigenvalue weighted by Crippen LogP contribution is -2.30. The Morgan fingerprint density at radius 2 is 1.68 bits per heavy atom. The lowest BCUT2D eigenvalue weighted by atomic mass is 10.1. The first kappa shape index (κ1) is 17.9. The Hall–Kier alpha value is -1.92. The highest BCUT2D eigenvalue weighted by Gasteiger charge is 2.18. The molecule has 0 bridgehead atoms. The van der Waals surface area contributed by atoms with Crippen LogP contribution in [0, 0.1) is 0 Å². The van der Waals surface area contributed by atoms with Gasteiger partial charge in [-0.3, -0.25) is 9.59 Å². The van der Waals surface area contributed by atoms with Gasteiger partial charge in [0.2, 0.25) is 0 Å². The van der Waals surface area contributed by atoms with E-state index in [-0.39, 0.29) is 19.1 Å². The first-order valence-electron chi connectivity index (χ1n) is 8.03. The molecule has 1 aliphatic heterocycles. The largest absolute Gasteiger partial charge is 0.460 e. The number of carbonyl (C=O) groups is 2. The van der Waals surface area contributed by atoms with Crippen molar-refractivity contribution >= 4 is 35.4 Å². The number of amides is 1. The zero-order valence-electron chi connectivity index (χ0n) is 13.6. The smallest absolute Gasteiger partial charge is 0.325 e. The average Bonchev–Trinajstić information content (AvgIpc) is 3.20. The maximum Gasteiger partial charge on any atom is 0.325 e. The van der Waals surface area contributed by atoms with Crippen molar-refractivity contribution in [3.05, 3.63) is 71.3 Å². The molecule has 1 fully saturated rings. The lowest BCUT2D eigenvalue weighted by Gasteiger charge is -2.10. The highest BCUT2D eigenvalue weighted by atomic mass is 32.2. The molecule has 1 saturated heterocycles. The predicted molar refractivity (Wildman–Crippen MR) is 103 cm³/mol. The van der Waals surface area contributed by atoms with E-state index < -0.39 is 5.97 Å². The Labute approximate surface area is 155 Å². The molecule has 0 radical (unpaired) electrons. The molecule has 1 amide bonds. The van der Waals surface area contributed by atoms with Gasteiger partial charge in [0.25, 0.3) is 5.91 Å². The SMILES string of the molecule is O=C(CNC(=O)c1ccc(C2SCCS2)cc1)OCc1ccccc1. The molecule has 3 rings (SSSR count). The maximum atomic E-state index is 12.1. The highest BCUT2D eigenvalue weighted by Crippen LogP contribution is 2.45. The molecule has 130 valence electrons. The van der Waals surface area contributed by atoms with Crippen molar-refractivity contribution < 1.29 is 14.3 Å². The number of ether oxygens (including phenoxy) is 1. The van der Waals surface area contributed by atoms with E-state index in [9.17, 15) is 9.59 Å². The van der Waals surface area contributed by atoms with Crippen LogP contribution in [0.2, 0.25) is 0 Å². The van der Waals surface area contributed by atoms with Crippen molar-refractivity contribution in [3.8, 4) is 0 Å². The molecule has 0 spiro atoms. The second kappa shape index (κ2) is 8.97. The average molecular weight is 373 g/mol. The number of rotatable bonds is 6. The summed E-state index contributed by atoms with van der Waals surface area (Å²) >= 11 is 3.86. The van der Waals surface area contributed by atoms with E-state index in [2.05, 4.69) is 5.32 Å². The fourth-order valence-corrected chi connectivity index (χ4v) is 5.25. The quantitative estimate of drug-likeness (QED) is 0.784. The molecule has 6 heteroatoms. The predicted octanol–water partition coefficient (Wildman–Crippen LogP) is 3.64. The van der Waals surface area contributed by atoms with Gasteiger partial charge in [0.15, 0.2) is 0 Å². The minimum Gasteiger partial charge on any atom is -0.460 e. The molecular weight excluding hydrogens is 354 g/mol. The summed E-state index contributed by atoms with van der Waals surface area (Å²) < 4.78 is 5.60. The Bertz CT molecular complexity index is 713. The highest BCUT2D eigenvalue weighted by molar-refractivity contribution is 8.19. The van der Waals surface area contributed by atoms with Crippen LogP contribution in [0.25, 0.3) is 0 Å². The molecule has 0 atom stereocenters. The second-order valence-corrected chi connectivity index (χ2v) is 8.25. The van der Waals surface area contributed by atoms with Gasteiger partial charge >= 0.3 is 5.97 Å². The van der Waals surface area contributed by atoms with Crippen LogP contribution in [0.1, 0.15) is 26.1 Å². The zero-order chi connectivity index (χ0) is 17.5. The number of thioether (sulfide) groups is 2. The summed E-state index contributed by atoms with van der Waals surface area (Å²) in [7, 11) is 0. The first-order chi connectivity index (χ1) is 12.2. The van der Waals surface area contributed by atoms with Crippen LogP contribution in [0.4, 0.5) is 0 Å². The number of hydrogen-bond acceptors (Lipinski definition) is 5. The third kappa shape index (κ3) is 5.28. The third-order valence-corrected chi connectivity index (χ3v) is 6.81. The van der Waals surface area contributed by atoms with Crippen LogP contribution < -0.4 is 5.32 Å². The summed E-state index contributed by atoms with van der Waals surface area (Å²) in [6.07, 6.45) is 0. The van der Waals surface area contributed by atoms with Crippen molar-refractivity contribution in [1.29, 1.82) is 0 Å². The van der Waals surface area contributed by atoms with E-state index in [4.69, 9.17) is 4.74 Å². The van der Waals surface area contributed by atoms with Crippen LogP contribution in [-0.4, -0.2) is 29.9 Å². The van der Waals surface area contributed by atoms with Gasteiger partial charge in [0.05, 0.1) is 4.58 Å². The topological polar surface area (TPSA) is 55.4 Å². The van der Waals surface area contributed by atoms with Crippen molar-refractivity contribution in [2.45, 2.75) is 11.2 Å². The Kier molecular flexibility index (Phi) is 6.42. The molecule has 25 heavy (non-hydrogen) atoms. The van der Waals surface area contributed by atoms with Crippen molar-refractivity contribution in [2.24, 2.45) is 0 Å². The zero-order valence-corrected chi connectivity index (χ0v) is 15.3. The second-order valence-electron chi connectivity index (χ2n) is 5.52.